The van der Waals surface area contributed by atoms with E-state index in [2.05, 4.69) is 43.0 Å². The number of nitrogens with one attached hydrogen (secondary N) is 2. The van der Waals surface area contributed by atoms with Crippen molar-refractivity contribution < 1.29 is 23.8 Å². The molecule has 2 atom stereocenters. The lowest BCUT2D eigenvalue weighted by atomic mass is 10.0. The van der Waals surface area contributed by atoms with Crippen molar-refractivity contribution in [3.63, 3.8) is 0 Å². The molecule has 0 bridgehead atoms. The number of hydroxylamine groups is 1. The highest BCUT2D eigenvalue weighted by molar-refractivity contribution is 6.02. The van der Waals surface area contributed by atoms with Crippen LogP contribution in [0.3, 0.4) is 0 Å². The van der Waals surface area contributed by atoms with Crippen LogP contribution in [0.1, 0.15) is 24.4 Å². The van der Waals surface area contributed by atoms with Crippen LogP contribution in [0.15, 0.2) is 61.4 Å². The van der Waals surface area contributed by atoms with Gasteiger partial charge in [-0.2, -0.15) is 0 Å². The number of hydrogen-bond donors (Lipinski definition) is 2. The van der Waals surface area contributed by atoms with Crippen LogP contribution >= 0.6 is 0 Å². The smallest absolute Gasteiger partial charge is 0.247 e. The molecule has 0 radical (unpaired) electrons. The van der Waals surface area contributed by atoms with Crippen LogP contribution in [0.2, 0.25) is 0 Å². The average molecular weight is 602 g/mol. The van der Waals surface area contributed by atoms with Gasteiger partial charge in [-0.1, -0.05) is 18.7 Å². The van der Waals surface area contributed by atoms with Crippen LogP contribution in [0, 0.1) is 0 Å². The second-order valence-electron chi connectivity index (χ2n) is 10.9. The Balaban J connectivity index is 1.26. The van der Waals surface area contributed by atoms with Crippen molar-refractivity contribution >= 4 is 34.6 Å². The van der Waals surface area contributed by atoms with Crippen molar-refractivity contribution in [3.05, 3.63) is 67.0 Å². The average Bonchev–Trinajstić information content (AvgIpc) is 3.76. The Morgan fingerprint density at radius 2 is 1.89 bits per heavy atom. The summed E-state index contributed by atoms with van der Waals surface area (Å²) in [4.78, 5) is 32.3. The van der Waals surface area contributed by atoms with Gasteiger partial charge in [-0.3, -0.25) is 14.5 Å². The molecule has 12 heteroatoms. The zero-order chi connectivity index (χ0) is 30.5. The molecule has 0 saturated carbocycles. The fraction of sp³-hybridized carbons (Fsp3) is 0.406. The summed E-state index contributed by atoms with van der Waals surface area (Å²) in [6.45, 7) is 9.34. The van der Waals surface area contributed by atoms with Gasteiger partial charge in [0.05, 0.1) is 57.1 Å². The van der Waals surface area contributed by atoms with Crippen molar-refractivity contribution in [2.75, 3.05) is 80.8 Å². The highest BCUT2D eigenvalue weighted by Gasteiger charge is 2.32. The van der Waals surface area contributed by atoms with Crippen molar-refractivity contribution in [1.82, 2.24) is 14.9 Å². The zero-order valence-electron chi connectivity index (χ0n) is 25.2. The van der Waals surface area contributed by atoms with Crippen molar-refractivity contribution in [3.8, 4) is 11.5 Å². The number of carbonyl (C=O) groups is 1. The molecule has 2 aromatic carbocycles. The van der Waals surface area contributed by atoms with Gasteiger partial charge in [-0.25, -0.2) is 15.0 Å². The molecule has 4 heterocycles. The second kappa shape index (κ2) is 13.5. The minimum absolute atomic E-state index is 0.0239. The number of amides is 1. The lowest BCUT2D eigenvalue weighted by molar-refractivity contribution is -0.111. The Morgan fingerprint density at radius 1 is 1.02 bits per heavy atom. The molecule has 1 amide bonds. The van der Waals surface area contributed by atoms with Gasteiger partial charge in [0.15, 0.2) is 5.82 Å². The number of methoxy groups -OCH3 is 2. The summed E-state index contributed by atoms with van der Waals surface area (Å²) < 4.78 is 16.8. The van der Waals surface area contributed by atoms with E-state index in [1.807, 2.05) is 41.5 Å². The normalized spacial score (nSPS) is 20.4. The molecule has 3 aliphatic heterocycles. The minimum atomic E-state index is -0.287. The summed E-state index contributed by atoms with van der Waals surface area (Å²) in [6.07, 6.45) is 4.62. The van der Waals surface area contributed by atoms with E-state index < -0.39 is 0 Å². The molecule has 44 heavy (non-hydrogen) atoms. The number of hydrogen-bond acceptors (Lipinski definition) is 11. The molecular formula is C32H39N7O5. The topological polar surface area (TPSA) is 114 Å². The highest BCUT2D eigenvalue weighted by Crippen LogP contribution is 2.41. The lowest BCUT2D eigenvalue weighted by Crippen LogP contribution is -2.44. The predicted octanol–water partition coefficient (Wildman–Crippen LogP) is 4.16. The molecule has 3 fully saturated rings. The van der Waals surface area contributed by atoms with E-state index in [1.165, 1.54) is 12.4 Å². The van der Waals surface area contributed by atoms with E-state index in [4.69, 9.17) is 19.0 Å². The van der Waals surface area contributed by atoms with Crippen LogP contribution in [0.25, 0.3) is 0 Å². The molecule has 3 saturated heterocycles. The quantitative estimate of drug-likeness (QED) is 0.327. The molecule has 6 rings (SSSR count). The van der Waals surface area contributed by atoms with Crippen LogP contribution in [0.5, 0.6) is 11.5 Å². The van der Waals surface area contributed by atoms with Gasteiger partial charge in [0.1, 0.15) is 23.6 Å². The SMILES string of the molecule is C=CC(=O)Nc1cc(Nc2cc(N3OCCC3c3cccc(OC)c3)ncn2)c(OC)cc1N1CCC(N2CCOCC2)C1. The molecule has 3 aromatic rings. The number of ether oxygens (including phenoxy) is 3. The van der Waals surface area contributed by atoms with Gasteiger partial charge in [-0.05, 0) is 36.3 Å². The van der Waals surface area contributed by atoms with Crippen LogP contribution in [-0.2, 0) is 14.4 Å². The number of aromatic nitrogens is 2. The van der Waals surface area contributed by atoms with Gasteiger partial charge < -0.3 is 29.7 Å². The Hall–Kier alpha value is -4.39. The maximum absolute atomic E-state index is 12.5. The third-order valence-corrected chi connectivity index (χ3v) is 8.35. The van der Waals surface area contributed by atoms with Gasteiger partial charge in [0.25, 0.3) is 0 Å². The summed E-state index contributed by atoms with van der Waals surface area (Å²) in [5.74, 6) is 2.30. The molecule has 1 aromatic heterocycles. The fourth-order valence-corrected chi connectivity index (χ4v) is 6.10. The van der Waals surface area contributed by atoms with Gasteiger partial charge in [0, 0.05) is 50.8 Å². The van der Waals surface area contributed by atoms with E-state index in [0.29, 0.717) is 41.4 Å². The first kappa shape index (κ1) is 29.7. The first-order valence-corrected chi connectivity index (χ1v) is 14.9. The molecule has 3 aliphatic rings. The first-order valence-electron chi connectivity index (χ1n) is 14.9. The maximum Gasteiger partial charge on any atom is 0.247 e. The molecule has 12 nitrogen and oxygen atoms in total. The number of benzene rings is 2. The second-order valence-corrected chi connectivity index (χ2v) is 10.9. The zero-order valence-corrected chi connectivity index (χ0v) is 25.2. The lowest BCUT2D eigenvalue weighted by Gasteiger charge is -2.32. The molecule has 232 valence electrons. The Bertz CT molecular complexity index is 1480. The van der Waals surface area contributed by atoms with E-state index in [-0.39, 0.29) is 11.9 Å². The molecule has 0 spiro atoms. The van der Waals surface area contributed by atoms with Crippen LogP contribution in [0.4, 0.5) is 28.7 Å². The van der Waals surface area contributed by atoms with Crippen molar-refractivity contribution in [1.29, 1.82) is 0 Å². The number of nitrogens with zero attached hydrogens (tertiary/aromatic N) is 5. The number of rotatable bonds is 10. The van der Waals surface area contributed by atoms with E-state index in [1.54, 1.807) is 14.2 Å². The van der Waals surface area contributed by atoms with Crippen LogP contribution < -0.4 is 30.1 Å². The van der Waals surface area contributed by atoms with Crippen LogP contribution in [-0.4, -0.2) is 87.0 Å². The molecule has 2 unspecified atom stereocenters. The fourth-order valence-electron chi connectivity index (χ4n) is 6.10. The largest absolute Gasteiger partial charge is 0.497 e. The minimum Gasteiger partial charge on any atom is -0.497 e. The Kier molecular flexibility index (Phi) is 9.10. The van der Waals surface area contributed by atoms with Gasteiger partial charge in [-0.15, -0.1) is 0 Å². The predicted molar refractivity (Wildman–Crippen MR) is 169 cm³/mol. The van der Waals surface area contributed by atoms with Gasteiger partial charge in [0.2, 0.25) is 5.91 Å². The molecule has 2 N–H and O–H groups in total. The first-order chi connectivity index (χ1) is 21.6. The van der Waals surface area contributed by atoms with Crippen molar-refractivity contribution in [2.45, 2.75) is 24.9 Å². The summed E-state index contributed by atoms with van der Waals surface area (Å²) in [5.41, 5.74) is 3.29. The number of carbonyl (C=O) groups excluding carboxylic acids is 1. The molecule has 0 aliphatic carbocycles. The van der Waals surface area contributed by atoms with E-state index in [9.17, 15) is 4.79 Å². The standard InChI is InChI=1S/C32H39N7O5/c1-4-32(40)36-25-17-26(29(42-3)18-28(25)38-10-8-23(20-38)37-11-14-43-15-12-37)35-30-19-31(34-21-33-30)39-27(9-13-44-39)22-6-5-7-24(16-22)41-2/h4-7,16-19,21,23,27H,1,8-15,20H2,2-3H3,(H,36,40)(H,33,34,35). The number of morpholine rings is 1. The Morgan fingerprint density at radius 3 is 2.68 bits per heavy atom. The third kappa shape index (κ3) is 6.42. The highest BCUT2D eigenvalue weighted by atomic mass is 16.7. The summed E-state index contributed by atoms with van der Waals surface area (Å²) in [7, 11) is 3.29. The summed E-state index contributed by atoms with van der Waals surface area (Å²) in [6, 6.07) is 14.1. The van der Waals surface area contributed by atoms with Crippen molar-refractivity contribution in [2.24, 2.45) is 0 Å². The Labute approximate surface area is 257 Å². The summed E-state index contributed by atoms with van der Waals surface area (Å²) in [5, 5.41) is 8.19. The van der Waals surface area contributed by atoms with E-state index >= 15 is 0 Å². The third-order valence-electron chi connectivity index (χ3n) is 8.35. The maximum atomic E-state index is 12.5. The number of anilines is 5. The van der Waals surface area contributed by atoms with E-state index in [0.717, 1.165) is 69.2 Å². The van der Waals surface area contributed by atoms with Gasteiger partial charge >= 0.3 is 0 Å². The summed E-state index contributed by atoms with van der Waals surface area (Å²) >= 11 is 0. The monoisotopic (exact) mass is 601 g/mol. The molecular weight excluding hydrogens is 562 g/mol.